The lowest BCUT2D eigenvalue weighted by Gasteiger charge is -2.63. The van der Waals surface area contributed by atoms with E-state index >= 15 is 0 Å². The number of fused-ring (bicyclic) bond motifs is 5. The van der Waals surface area contributed by atoms with Gasteiger partial charge in [-0.3, -0.25) is 4.79 Å². The second-order valence-electron chi connectivity index (χ2n) is 13.6. The molecule has 0 aromatic heterocycles. The Morgan fingerprint density at radius 3 is 2.58 bits per heavy atom. The molecular formula is C32H49NO4S. The highest BCUT2D eigenvalue weighted by atomic mass is 32.2. The largest absolute Gasteiger partial charge is 0.393 e. The van der Waals surface area contributed by atoms with Gasteiger partial charge in [0.15, 0.2) is 0 Å². The maximum Gasteiger partial charge on any atom is 0.220 e. The Hall–Kier alpha value is -1.08. The van der Waals surface area contributed by atoms with Gasteiger partial charge in [-0.2, -0.15) is 0 Å². The first-order chi connectivity index (χ1) is 18.1. The Labute approximate surface area is 233 Å². The Bertz CT molecular complexity index is 960. The fourth-order valence-corrected chi connectivity index (χ4v) is 10.4. The van der Waals surface area contributed by atoms with Gasteiger partial charge in [0.2, 0.25) is 5.91 Å². The fraction of sp³-hybridized carbons (Fsp3) is 0.781. The van der Waals surface area contributed by atoms with E-state index in [-0.39, 0.29) is 41.0 Å². The summed E-state index contributed by atoms with van der Waals surface area (Å²) in [4.78, 5) is 13.8. The van der Waals surface area contributed by atoms with Crippen LogP contribution in [-0.4, -0.2) is 51.8 Å². The maximum atomic E-state index is 12.6. The molecule has 0 heterocycles. The number of nitrogens with one attached hydrogen (secondary N) is 1. The normalized spacial score (nSPS) is 43.0. The first-order valence-electron chi connectivity index (χ1n) is 15.1. The molecule has 4 saturated carbocycles. The topological polar surface area (TPSA) is 89.8 Å². The van der Waals surface area contributed by atoms with E-state index in [1.807, 2.05) is 18.2 Å². The summed E-state index contributed by atoms with van der Waals surface area (Å²) in [5.41, 5.74) is -0.103. The molecule has 0 bridgehead atoms. The van der Waals surface area contributed by atoms with Crippen LogP contribution in [0.2, 0.25) is 0 Å². The zero-order chi connectivity index (χ0) is 27.1. The SMILES string of the molecule is C[C@H](CCC(=O)NCCSc1ccccc1)[C@@H]1CC[C@@H]2[C@@H]3[C@H](O)C[C@H]4C[C@H](O)CC[C@]4(C)[C@@H]3C[C@H](O)[C@@]21C. The maximum absolute atomic E-state index is 12.6. The molecule has 4 aliphatic carbocycles. The van der Waals surface area contributed by atoms with Gasteiger partial charge in [-0.15, -0.1) is 11.8 Å². The van der Waals surface area contributed by atoms with Crippen LogP contribution in [0, 0.1) is 46.3 Å². The molecule has 5 rings (SSSR count). The van der Waals surface area contributed by atoms with Crippen LogP contribution in [0.1, 0.15) is 78.6 Å². The number of rotatable bonds is 8. The van der Waals surface area contributed by atoms with E-state index in [0.717, 1.165) is 57.1 Å². The first kappa shape index (κ1) is 28.4. The third kappa shape index (κ3) is 5.20. The van der Waals surface area contributed by atoms with E-state index in [4.69, 9.17) is 0 Å². The molecule has 1 aromatic rings. The van der Waals surface area contributed by atoms with Crippen molar-refractivity contribution in [3.8, 4) is 0 Å². The minimum atomic E-state index is -0.373. The van der Waals surface area contributed by atoms with E-state index < -0.39 is 0 Å². The molecule has 0 aliphatic heterocycles. The van der Waals surface area contributed by atoms with E-state index in [1.54, 1.807) is 11.8 Å². The van der Waals surface area contributed by atoms with Crippen molar-refractivity contribution in [3.63, 3.8) is 0 Å². The second-order valence-corrected chi connectivity index (χ2v) is 14.7. The number of amides is 1. The van der Waals surface area contributed by atoms with Crippen LogP contribution in [0.3, 0.4) is 0 Å². The van der Waals surface area contributed by atoms with Crippen molar-refractivity contribution < 1.29 is 20.1 Å². The van der Waals surface area contributed by atoms with E-state index in [9.17, 15) is 20.1 Å². The average molecular weight is 544 g/mol. The van der Waals surface area contributed by atoms with Gasteiger partial charge in [0.1, 0.15) is 0 Å². The van der Waals surface area contributed by atoms with Crippen LogP contribution >= 0.6 is 11.8 Å². The molecule has 6 heteroatoms. The van der Waals surface area contributed by atoms with Gasteiger partial charge in [-0.25, -0.2) is 0 Å². The summed E-state index contributed by atoms with van der Waals surface area (Å²) in [5.74, 6) is 2.95. The van der Waals surface area contributed by atoms with Crippen LogP contribution in [0.4, 0.5) is 0 Å². The molecule has 4 fully saturated rings. The quantitative estimate of drug-likeness (QED) is 0.265. The summed E-state index contributed by atoms with van der Waals surface area (Å²) in [6, 6.07) is 10.3. The standard InChI is InChI=1S/C32H49NO4S/c1-20(9-12-29(37)33-15-16-38-23-7-5-4-6-8-23)24-10-11-25-30-26(19-28(36)32(24,25)3)31(2)14-13-22(34)17-21(31)18-27(30)35/h4-8,20-22,24-28,30,34-36H,9-19H2,1-3H3,(H,33,37)/t20-,21-,22-,24+,25-,26-,27-,28+,30+,31+,32-/m1/s1. The van der Waals surface area contributed by atoms with Gasteiger partial charge in [0, 0.05) is 23.6 Å². The number of thioether (sulfide) groups is 1. The molecule has 5 nitrogen and oxygen atoms in total. The molecular weight excluding hydrogens is 494 g/mol. The molecule has 4 N–H and O–H groups in total. The fourth-order valence-electron chi connectivity index (χ4n) is 9.66. The number of hydrogen-bond donors (Lipinski definition) is 4. The third-order valence-corrected chi connectivity index (χ3v) is 12.8. The van der Waals surface area contributed by atoms with Gasteiger partial charge >= 0.3 is 0 Å². The van der Waals surface area contributed by atoms with Crippen molar-refractivity contribution in [3.05, 3.63) is 30.3 Å². The minimum Gasteiger partial charge on any atom is -0.393 e. The molecule has 1 amide bonds. The molecule has 212 valence electrons. The molecule has 0 radical (unpaired) electrons. The Balaban J connectivity index is 1.17. The monoisotopic (exact) mass is 543 g/mol. The Morgan fingerprint density at radius 2 is 1.82 bits per heavy atom. The zero-order valence-corrected chi connectivity index (χ0v) is 24.3. The summed E-state index contributed by atoms with van der Waals surface area (Å²) >= 11 is 1.76. The summed E-state index contributed by atoms with van der Waals surface area (Å²) in [6.07, 6.45) is 6.74. The number of benzene rings is 1. The van der Waals surface area contributed by atoms with Gasteiger partial charge in [-0.1, -0.05) is 39.0 Å². The molecule has 0 saturated heterocycles. The first-order valence-corrected chi connectivity index (χ1v) is 16.1. The lowest BCUT2D eigenvalue weighted by molar-refractivity contribution is -0.207. The van der Waals surface area contributed by atoms with Crippen molar-refractivity contribution in [2.75, 3.05) is 12.3 Å². The van der Waals surface area contributed by atoms with Gasteiger partial charge in [0.05, 0.1) is 18.3 Å². The molecule has 0 spiro atoms. The zero-order valence-electron chi connectivity index (χ0n) is 23.5. The number of aliphatic hydroxyl groups excluding tert-OH is 3. The van der Waals surface area contributed by atoms with Crippen LogP contribution in [0.15, 0.2) is 35.2 Å². The number of aliphatic hydroxyl groups is 3. The van der Waals surface area contributed by atoms with Crippen LogP contribution < -0.4 is 5.32 Å². The van der Waals surface area contributed by atoms with Crippen LogP contribution in [0.5, 0.6) is 0 Å². The van der Waals surface area contributed by atoms with Crippen LogP contribution in [0.25, 0.3) is 0 Å². The highest BCUT2D eigenvalue weighted by molar-refractivity contribution is 7.99. The Morgan fingerprint density at radius 1 is 1.05 bits per heavy atom. The minimum absolute atomic E-state index is 0.103. The highest BCUT2D eigenvalue weighted by Crippen LogP contribution is 2.68. The highest BCUT2D eigenvalue weighted by Gasteiger charge is 2.65. The third-order valence-electron chi connectivity index (χ3n) is 11.8. The lowest BCUT2D eigenvalue weighted by Crippen LogP contribution is -2.62. The summed E-state index contributed by atoms with van der Waals surface area (Å²) in [6.45, 7) is 7.62. The molecule has 0 unspecified atom stereocenters. The van der Waals surface area contributed by atoms with Crippen molar-refractivity contribution in [1.82, 2.24) is 5.32 Å². The average Bonchev–Trinajstić information content (AvgIpc) is 3.26. The van der Waals surface area contributed by atoms with E-state index in [1.165, 1.54) is 4.90 Å². The van der Waals surface area contributed by atoms with E-state index in [2.05, 4.69) is 38.2 Å². The van der Waals surface area contributed by atoms with Crippen molar-refractivity contribution in [2.45, 2.75) is 102 Å². The second kappa shape index (κ2) is 11.4. The molecule has 11 atom stereocenters. The Kier molecular flexibility index (Phi) is 8.55. The molecule has 4 aliphatic rings. The van der Waals surface area contributed by atoms with Crippen molar-refractivity contribution >= 4 is 17.7 Å². The summed E-state index contributed by atoms with van der Waals surface area (Å²) < 4.78 is 0. The molecule has 38 heavy (non-hydrogen) atoms. The van der Waals surface area contributed by atoms with Crippen molar-refractivity contribution in [2.24, 2.45) is 46.3 Å². The predicted octanol–water partition coefficient (Wildman–Crippen LogP) is 5.27. The lowest BCUT2D eigenvalue weighted by atomic mass is 9.43. The number of carbonyl (C=O) groups excluding carboxylic acids is 1. The smallest absolute Gasteiger partial charge is 0.220 e. The van der Waals surface area contributed by atoms with Gasteiger partial charge in [0.25, 0.3) is 0 Å². The molecule has 1 aromatic carbocycles. The predicted molar refractivity (Wildman–Crippen MR) is 153 cm³/mol. The number of hydrogen-bond acceptors (Lipinski definition) is 5. The summed E-state index contributed by atoms with van der Waals surface area (Å²) in [5, 5.41) is 36.6. The van der Waals surface area contributed by atoms with E-state index in [0.29, 0.717) is 42.6 Å². The summed E-state index contributed by atoms with van der Waals surface area (Å²) in [7, 11) is 0. The van der Waals surface area contributed by atoms with Gasteiger partial charge < -0.3 is 20.6 Å². The van der Waals surface area contributed by atoms with Gasteiger partial charge in [-0.05, 0) is 110 Å². The van der Waals surface area contributed by atoms with Crippen LogP contribution in [-0.2, 0) is 4.79 Å². The van der Waals surface area contributed by atoms with Crippen molar-refractivity contribution in [1.29, 1.82) is 0 Å². The number of carbonyl (C=O) groups is 1.